The lowest BCUT2D eigenvalue weighted by molar-refractivity contribution is 0.172. The minimum absolute atomic E-state index is 0.840. The second kappa shape index (κ2) is 4.70. The van der Waals surface area contributed by atoms with Crippen molar-refractivity contribution in [1.82, 2.24) is 5.32 Å². The number of hydrogen-bond acceptors (Lipinski definition) is 2. The Morgan fingerprint density at radius 1 is 1.21 bits per heavy atom. The zero-order chi connectivity index (χ0) is 9.64. The molecule has 1 aliphatic rings. The number of benzene rings is 1. The van der Waals surface area contributed by atoms with Crippen LogP contribution in [0.4, 0.5) is 0 Å². The Kier molecular flexibility index (Phi) is 3.06. The molecule has 0 unspecified atom stereocenters. The zero-order valence-electron chi connectivity index (χ0n) is 8.20. The molecule has 2 heteroatoms. The zero-order valence-corrected chi connectivity index (χ0v) is 8.20. The van der Waals surface area contributed by atoms with E-state index in [9.17, 15) is 0 Å². The van der Waals surface area contributed by atoms with Crippen LogP contribution in [-0.2, 0) is 11.3 Å². The maximum atomic E-state index is 5.45. The second-order valence-corrected chi connectivity index (χ2v) is 3.40. The van der Waals surface area contributed by atoms with E-state index in [0.717, 1.165) is 31.9 Å². The van der Waals surface area contributed by atoms with Crippen molar-refractivity contribution in [3.8, 4) is 0 Å². The average molecular weight is 189 g/mol. The molecule has 0 aliphatic carbocycles. The van der Waals surface area contributed by atoms with E-state index in [0.29, 0.717) is 0 Å². The van der Waals surface area contributed by atoms with Gasteiger partial charge in [-0.1, -0.05) is 30.3 Å². The predicted octanol–water partition coefficient (Wildman–Crippen LogP) is 2.43. The number of nitrogens with one attached hydrogen (secondary N) is 1. The van der Waals surface area contributed by atoms with Crippen molar-refractivity contribution >= 4 is 0 Å². The first kappa shape index (κ1) is 9.13. The molecule has 0 saturated carbocycles. The van der Waals surface area contributed by atoms with Gasteiger partial charge in [-0.15, -0.1) is 0 Å². The fourth-order valence-corrected chi connectivity index (χ4v) is 1.47. The second-order valence-electron chi connectivity index (χ2n) is 3.40. The van der Waals surface area contributed by atoms with Crippen molar-refractivity contribution in [2.75, 3.05) is 6.61 Å². The van der Waals surface area contributed by atoms with Crippen molar-refractivity contribution in [3.63, 3.8) is 0 Å². The smallest absolute Gasteiger partial charge is 0.182 e. The van der Waals surface area contributed by atoms with Gasteiger partial charge in [0, 0.05) is 6.54 Å². The molecule has 0 radical (unpaired) electrons. The molecule has 1 aromatic rings. The lowest BCUT2D eigenvalue weighted by Crippen LogP contribution is -2.18. The van der Waals surface area contributed by atoms with E-state index in [-0.39, 0.29) is 0 Å². The molecule has 74 valence electrons. The van der Waals surface area contributed by atoms with Crippen LogP contribution in [0.1, 0.15) is 18.4 Å². The molecular weight excluding hydrogens is 174 g/mol. The fourth-order valence-electron chi connectivity index (χ4n) is 1.47. The molecule has 1 aromatic carbocycles. The standard InChI is InChI=1S/C12H15NO/c1-2-6-11(7-3-1)10-13-12-8-4-5-9-14-12/h1-3,6-8,13H,4-5,9-10H2. The van der Waals surface area contributed by atoms with Gasteiger partial charge >= 0.3 is 0 Å². The van der Waals surface area contributed by atoms with Crippen LogP contribution in [0.25, 0.3) is 0 Å². The maximum absolute atomic E-state index is 5.45. The number of hydrogen-bond donors (Lipinski definition) is 1. The van der Waals surface area contributed by atoms with Crippen LogP contribution in [0.2, 0.25) is 0 Å². The number of ether oxygens (including phenoxy) is 1. The molecule has 0 spiro atoms. The van der Waals surface area contributed by atoms with E-state index in [4.69, 9.17) is 4.74 Å². The lowest BCUT2D eigenvalue weighted by atomic mass is 10.2. The Morgan fingerprint density at radius 2 is 2.07 bits per heavy atom. The first-order chi connectivity index (χ1) is 6.95. The van der Waals surface area contributed by atoms with Gasteiger partial charge in [-0.3, -0.25) is 0 Å². The minimum atomic E-state index is 0.840. The Labute approximate surface area is 84.6 Å². The van der Waals surface area contributed by atoms with E-state index in [1.807, 2.05) is 18.2 Å². The van der Waals surface area contributed by atoms with Gasteiger partial charge in [-0.25, -0.2) is 0 Å². The molecule has 2 rings (SSSR count). The van der Waals surface area contributed by atoms with Gasteiger partial charge in [0.2, 0.25) is 0 Å². The van der Waals surface area contributed by atoms with Crippen molar-refractivity contribution in [2.24, 2.45) is 0 Å². The molecule has 0 fully saturated rings. The summed E-state index contributed by atoms with van der Waals surface area (Å²) in [6, 6.07) is 10.3. The van der Waals surface area contributed by atoms with Gasteiger partial charge in [0.15, 0.2) is 5.88 Å². The third kappa shape index (κ3) is 2.52. The van der Waals surface area contributed by atoms with Crippen LogP contribution < -0.4 is 5.32 Å². The van der Waals surface area contributed by atoms with Gasteiger partial charge in [-0.2, -0.15) is 0 Å². The number of rotatable bonds is 3. The highest BCUT2D eigenvalue weighted by molar-refractivity contribution is 5.15. The lowest BCUT2D eigenvalue weighted by Gasteiger charge is -2.16. The van der Waals surface area contributed by atoms with Crippen LogP contribution in [0.15, 0.2) is 42.3 Å². The maximum Gasteiger partial charge on any atom is 0.182 e. The monoisotopic (exact) mass is 189 g/mol. The molecule has 1 heterocycles. The third-order valence-corrected chi connectivity index (χ3v) is 2.25. The van der Waals surface area contributed by atoms with Gasteiger partial charge in [0.1, 0.15) is 0 Å². The molecule has 0 atom stereocenters. The molecule has 0 bridgehead atoms. The molecule has 0 aromatic heterocycles. The van der Waals surface area contributed by atoms with E-state index >= 15 is 0 Å². The van der Waals surface area contributed by atoms with Crippen LogP contribution in [0.3, 0.4) is 0 Å². The Morgan fingerprint density at radius 3 is 2.79 bits per heavy atom. The summed E-state index contributed by atoms with van der Waals surface area (Å²) in [5, 5.41) is 3.28. The van der Waals surface area contributed by atoms with Gasteiger partial charge in [0.25, 0.3) is 0 Å². The summed E-state index contributed by atoms with van der Waals surface area (Å²) < 4.78 is 5.45. The number of allylic oxidation sites excluding steroid dienone is 1. The quantitative estimate of drug-likeness (QED) is 0.788. The molecule has 14 heavy (non-hydrogen) atoms. The van der Waals surface area contributed by atoms with Crippen LogP contribution >= 0.6 is 0 Å². The molecule has 2 nitrogen and oxygen atoms in total. The molecule has 1 N–H and O–H groups in total. The molecule has 0 amide bonds. The summed E-state index contributed by atoms with van der Waals surface area (Å²) >= 11 is 0. The normalized spacial score (nSPS) is 15.6. The first-order valence-corrected chi connectivity index (χ1v) is 5.06. The van der Waals surface area contributed by atoms with Crippen molar-refractivity contribution < 1.29 is 4.74 Å². The minimum Gasteiger partial charge on any atom is -0.479 e. The van der Waals surface area contributed by atoms with Gasteiger partial charge < -0.3 is 10.1 Å². The Balaban J connectivity index is 1.85. The summed E-state index contributed by atoms with van der Waals surface area (Å²) in [5.74, 6) is 0.931. The third-order valence-electron chi connectivity index (χ3n) is 2.25. The molecule has 0 saturated heterocycles. The SMILES string of the molecule is C1=C(NCc2ccccc2)OCCC1. The topological polar surface area (TPSA) is 21.3 Å². The summed E-state index contributed by atoms with van der Waals surface area (Å²) in [5.41, 5.74) is 1.28. The highest BCUT2D eigenvalue weighted by Crippen LogP contribution is 2.08. The Bertz CT molecular complexity index is 305. The van der Waals surface area contributed by atoms with Crippen LogP contribution in [0.5, 0.6) is 0 Å². The summed E-state index contributed by atoms with van der Waals surface area (Å²) in [4.78, 5) is 0. The summed E-state index contributed by atoms with van der Waals surface area (Å²) in [7, 11) is 0. The summed E-state index contributed by atoms with van der Waals surface area (Å²) in [6.45, 7) is 1.68. The molecular formula is C12H15NO. The first-order valence-electron chi connectivity index (χ1n) is 5.06. The Hall–Kier alpha value is -1.44. The van der Waals surface area contributed by atoms with Crippen LogP contribution in [0, 0.1) is 0 Å². The van der Waals surface area contributed by atoms with E-state index < -0.39 is 0 Å². The van der Waals surface area contributed by atoms with E-state index in [1.54, 1.807) is 0 Å². The predicted molar refractivity (Wildman–Crippen MR) is 56.6 cm³/mol. The van der Waals surface area contributed by atoms with E-state index in [2.05, 4.69) is 23.5 Å². The average Bonchev–Trinajstić information content (AvgIpc) is 2.29. The summed E-state index contributed by atoms with van der Waals surface area (Å²) in [6.07, 6.45) is 4.38. The fraction of sp³-hybridized carbons (Fsp3) is 0.333. The van der Waals surface area contributed by atoms with Gasteiger partial charge in [0.05, 0.1) is 6.61 Å². The van der Waals surface area contributed by atoms with Gasteiger partial charge in [-0.05, 0) is 24.5 Å². The van der Waals surface area contributed by atoms with Crippen molar-refractivity contribution in [3.05, 3.63) is 47.9 Å². The molecule has 1 aliphatic heterocycles. The highest BCUT2D eigenvalue weighted by Gasteiger charge is 2.02. The van der Waals surface area contributed by atoms with Crippen molar-refractivity contribution in [1.29, 1.82) is 0 Å². The van der Waals surface area contributed by atoms with Crippen LogP contribution in [-0.4, -0.2) is 6.61 Å². The van der Waals surface area contributed by atoms with Crippen molar-refractivity contribution in [2.45, 2.75) is 19.4 Å². The highest BCUT2D eigenvalue weighted by atomic mass is 16.5. The van der Waals surface area contributed by atoms with E-state index in [1.165, 1.54) is 5.56 Å². The largest absolute Gasteiger partial charge is 0.479 e.